The van der Waals surface area contributed by atoms with Crippen molar-refractivity contribution >= 4 is 5.84 Å². The van der Waals surface area contributed by atoms with E-state index < -0.39 is 35.1 Å². The molecule has 7 nitrogen and oxygen atoms in total. The summed E-state index contributed by atoms with van der Waals surface area (Å²) in [6.07, 6.45) is -2.02. The molecule has 0 amide bonds. The minimum absolute atomic E-state index is 0.00646. The Bertz CT molecular complexity index is 652. The number of fused-ring (bicyclic) bond motifs is 2. The van der Waals surface area contributed by atoms with Crippen LogP contribution in [0.15, 0.2) is 29.3 Å². The van der Waals surface area contributed by atoms with Crippen molar-refractivity contribution in [2.75, 3.05) is 13.2 Å². The molecule has 2 atom stereocenters. The molecule has 22 heavy (non-hydrogen) atoms. The minimum Gasteiger partial charge on any atom is -0.493 e. The Balaban J connectivity index is 2.20. The van der Waals surface area contributed by atoms with Gasteiger partial charge >= 0.3 is 6.23 Å². The number of ether oxygens (including phenoxy) is 2. The van der Waals surface area contributed by atoms with Crippen molar-refractivity contribution in [1.82, 2.24) is 0 Å². The van der Waals surface area contributed by atoms with Gasteiger partial charge in [0.1, 0.15) is 12.4 Å². The zero-order valence-electron chi connectivity index (χ0n) is 11.4. The maximum absolute atomic E-state index is 14.7. The molecule has 0 radical (unpaired) electrons. The fourth-order valence-electron chi connectivity index (χ4n) is 2.79. The molecule has 2 heterocycles. The maximum atomic E-state index is 14.7. The number of halogens is 2. The first-order valence-corrected chi connectivity index (χ1v) is 6.58. The average Bonchev–Trinajstić information content (AvgIpc) is 2.55. The van der Waals surface area contributed by atoms with E-state index in [4.69, 9.17) is 10.5 Å². The van der Waals surface area contributed by atoms with E-state index in [0.29, 0.717) is 0 Å². The van der Waals surface area contributed by atoms with Gasteiger partial charge in [-0.25, -0.2) is 13.8 Å². The van der Waals surface area contributed by atoms with Crippen LogP contribution >= 0.6 is 0 Å². The molecule has 9 heteroatoms. The van der Waals surface area contributed by atoms with Crippen molar-refractivity contribution in [2.45, 2.75) is 24.1 Å². The zero-order chi connectivity index (χ0) is 16.0. The number of aliphatic imine (C=N–C) groups is 1. The summed E-state index contributed by atoms with van der Waals surface area (Å²) in [7, 11) is 0. The monoisotopic (exact) mass is 313 g/mol. The van der Waals surface area contributed by atoms with Gasteiger partial charge in [0, 0.05) is 12.0 Å². The lowest BCUT2D eigenvalue weighted by atomic mass is 9.79. The van der Waals surface area contributed by atoms with E-state index in [1.165, 1.54) is 6.07 Å². The standard InChI is InChI=1S/C13H13F2N3O4/c14-13(15)7-22-11(18(19)20)10(16)17-12(13)5-6-21-9-4-2-1-3-8(9)12/h1-4,11H,5-7H2,(H2,16,17)/t11-,12?/m1/s1. The van der Waals surface area contributed by atoms with Crippen LogP contribution in [0.3, 0.4) is 0 Å². The molecular weight excluding hydrogens is 300 g/mol. The molecule has 0 saturated heterocycles. The van der Waals surface area contributed by atoms with Crippen molar-refractivity contribution in [2.24, 2.45) is 10.7 Å². The van der Waals surface area contributed by atoms with E-state index in [-0.39, 0.29) is 24.3 Å². The van der Waals surface area contributed by atoms with E-state index in [9.17, 15) is 18.9 Å². The van der Waals surface area contributed by atoms with E-state index in [1.807, 2.05) is 0 Å². The van der Waals surface area contributed by atoms with Crippen molar-refractivity contribution in [3.05, 3.63) is 39.9 Å². The van der Waals surface area contributed by atoms with Crippen molar-refractivity contribution in [3.63, 3.8) is 0 Å². The first-order chi connectivity index (χ1) is 10.4. The average molecular weight is 313 g/mol. The first-order valence-electron chi connectivity index (χ1n) is 6.58. The number of rotatable bonds is 1. The summed E-state index contributed by atoms with van der Waals surface area (Å²) in [4.78, 5) is 13.9. The van der Waals surface area contributed by atoms with E-state index in [0.717, 1.165) is 0 Å². The molecule has 0 aromatic heterocycles. The fourth-order valence-corrected chi connectivity index (χ4v) is 2.79. The number of nitrogens with two attached hydrogens (primary N) is 1. The van der Waals surface area contributed by atoms with Crippen LogP contribution in [0.25, 0.3) is 0 Å². The minimum atomic E-state index is -3.46. The molecule has 0 fully saturated rings. The summed E-state index contributed by atoms with van der Waals surface area (Å²) < 4.78 is 39.5. The second kappa shape index (κ2) is 4.87. The number of nitro groups is 1. The predicted molar refractivity (Wildman–Crippen MR) is 71.5 cm³/mol. The lowest BCUT2D eigenvalue weighted by Crippen LogP contribution is -2.49. The Hall–Kier alpha value is -2.29. The number of para-hydroxylation sites is 1. The van der Waals surface area contributed by atoms with Crippen LogP contribution in [-0.2, 0) is 10.3 Å². The van der Waals surface area contributed by atoms with Crippen molar-refractivity contribution < 1.29 is 23.2 Å². The summed E-state index contributed by atoms with van der Waals surface area (Å²) in [5.41, 5.74) is 3.71. The highest BCUT2D eigenvalue weighted by molar-refractivity contribution is 5.84. The number of benzene rings is 1. The molecule has 2 aliphatic heterocycles. The fraction of sp³-hybridized carbons (Fsp3) is 0.462. The lowest BCUT2D eigenvalue weighted by Gasteiger charge is -2.39. The van der Waals surface area contributed by atoms with Gasteiger partial charge in [-0.2, -0.15) is 0 Å². The molecule has 1 aromatic rings. The highest BCUT2D eigenvalue weighted by atomic mass is 19.3. The number of alkyl halides is 2. The third kappa shape index (κ3) is 2.00. The van der Waals surface area contributed by atoms with Gasteiger partial charge in [0.05, 0.1) is 11.5 Å². The van der Waals surface area contributed by atoms with Gasteiger partial charge in [-0.1, -0.05) is 18.2 Å². The summed E-state index contributed by atoms with van der Waals surface area (Å²) in [6.45, 7) is -1.14. The molecule has 0 aliphatic carbocycles. The summed E-state index contributed by atoms with van der Waals surface area (Å²) in [5, 5.41) is 10.9. The number of amidine groups is 1. The molecule has 0 bridgehead atoms. The zero-order valence-corrected chi connectivity index (χ0v) is 11.4. The van der Waals surface area contributed by atoms with Gasteiger partial charge in [0.2, 0.25) is 5.84 Å². The van der Waals surface area contributed by atoms with Crippen molar-refractivity contribution in [1.29, 1.82) is 0 Å². The molecule has 0 saturated carbocycles. The van der Waals surface area contributed by atoms with E-state index in [2.05, 4.69) is 9.73 Å². The van der Waals surface area contributed by atoms with Gasteiger partial charge in [-0.05, 0) is 6.07 Å². The van der Waals surface area contributed by atoms with Crippen LogP contribution in [0, 0.1) is 10.1 Å². The SMILES string of the molecule is NC1=NC2(CCOc3ccccc32)C(F)(F)CO[C@H]1[N+](=O)[O-]. The Morgan fingerprint density at radius 3 is 2.86 bits per heavy atom. The number of hydrogen-bond donors (Lipinski definition) is 1. The maximum Gasteiger partial charge on any atom is 0.373 e. The Morgan fingerprint density at radius 2 is 2.14 bits per heavy atom. The highest BCUT2D eigenvalue weighted by Gasteiger charge is 2.60. The summed E-state index contributed by atoms with van der Waals surface area (Å²) >= 11 is 0. The topological polar surface area (TPSA) is 100.0 Å². The second-order valence-electron chi connectivity index (χ2n) is 5.14. The van der Waals surface area contributed by atoms with E-state index >= 15 is 0 Å². The van der Waals surface area contributed by atoms with Crippen LogP contribution in [-0.4, -0.2) is 36.1 Å². The number of nitrogens with zero attached hydrogens (tertiary/aromatic N) is 2. The lowest BCUT2D eigenvalue weighted by molar-refractivity contribution is -0.555. The van der Waals surface area contributed by atoms with Crippen LogP contribution < -0.4 is 10.5 Å². The Labute approximate surface area is 123 Å². The molecule has 118 valence electrons. The Kier molecular flexibility index (Phi) is 3.24. The van der Waals surface area contributed by atoms with Gasteiger partial charge < -0.3 is 15.2 Å². The molecule has 1 spiro atoms. The van der Waals surface area contributed by atoms with Crippen molar-refractivity contribution in [3.8, 4) is 5.75 Å². The third-order valence-electron chi connectivity index (χ3n) is 3.85. The Morgan fingerprint density at radius 1 is 1.41 bits per heavy atom. The molecule has 1 unspecified atom stereocenters. The molecule has 2 aliphatic rings. The van der Waals surface area contributed by atoms with Crippen LogP contribution in [0.5, 0.6) is 5.75 Å². The quantitative estimate of drug-likeness (QED) is 0.622. The predicted octanol–water partition coefficient (Wildman–Crippen LogP) is 1.29. The van der Waals surface area contributed by atoms with Gasteiger partial charge in [-0.15, -0.1) is 0 Å². The van der Waals surface area contributed by atoms with Crippen LogP contribution in [0.4, 0.5) is 8.78 Å². The molecule has 1 aromatic carbocycles. The largest absolute Gasteiger partial charge is 0.493 e. The van der Waals surface area contributed by atoms with Gasteiger partial charge in [-0.3, -0.25) is 10.1 Å². The molecular formula is C13H13F2N3O4. The van der Waals surface area contributed by atoms with Crippen LogP contribution in [0.2, 0.25) is 0 Å². The molecule has 2 N–H and O–H groups in total. The third-order valence-corrected chi connectivity index (χ3v) is 3.85. The molecule has 3 rings (SSSR count). The van der Waals surface area contributed by atoms with Crippen LogP contribution in [0.1, 0.15) is 12.0 Å². The van der Waals surface area contributed by atoms with Gasteiger partial charge in [0.25, 0.3) is 5.92 Å². The first kappa shape index (κ1) is 14.6. The second-order valence-corrected chi connectivity index (χ2v) is 5.14. The highest BCUT2D eigenvalue weighted by Crippen LogP contribution is 2.50. The number of hydrogen-bond acceptors (Lipinski definition) is 6. The normalized spacial score (nSPS) is 29.9. The van der Waals surface area contributed by atoms with E-state index in [1.54, 1.807) is 18.2 Å². The van der Waals surface area contributed by atoms with Gasteiger partial charge in [0.15, 0.2) is 5.54 Å². The smallest absolute Gasteiger partial charge is 0.373 e. The summed E-state index contributed by atoms with van der Waals surface area (Å²) in [6, 6.07) is 6.24. The summed E-state index contributed by atoms with van der Waals surface area (Å²) in [5.74, 6) is -3.76.